The minimum atomic E-state index is 0.129. The lowest BCUT2D eigenvalue weighted by atomic mass is 10.1. The summed E-state index contributed by atoms with van der Waals surface area (Å²) in [7, 11) is 0. The first-order valence-electron chi connectivity index (χ1n) is 7.23. The Morgan fingerprint density at radius 1 is 1.40 bits per heavy atom. The zero-order valence-electron chi connectivity index (χ0n) is 11.7. The minimum Gasteiger partial charge on any atom is -0.373 e. The number of amides is 1. The largest absolute Gasteiger partial charge is 0.373 e. The molecule has 0 spiro atoms. The van der Waals surface area contributed by atoms with E-state index in [2.05, 4.69) is 35.0 Å². The van der Waals surface area contributed by atoms with Crippen molar-refractivity contribution in [1.29, 1.82) is 0 Å². The lowest BCUT2D eigenvalue weighted by Crippen LogP contribution is -2.52. The van der Waals surface area contributed by atoms with Gasteiger partial charge < -0.3 is 9.64 Å². The minimum absolute atomic E-state index is 0.129. The van der Waals surface area contributed by atoms with Crippen LogP contribution in [-0.2, 0) is 9.53 Å². The molecule has 108 valence electrons. The van der Waals surface area contributed by atoms with Crippen LogP contribution >= 0.6 is 15.9 Å². The lowest BCUT2D eigenvalue weighted by molar-refractivity contribution is -0.144. The fourth-order valence-electron chi connectivity index (χ4n) is 2.97. The smallest absolute Gasteiger partial charge is 0.226 e. The van der Waals surface area contributed by atoms with Crippen molar-refractivity contribution in [2.45, 2.75) is 31.4 Å². The van der Waals surface area contributed by atoms with Crippen LogP contribution in [0.5, 0.6) is 0 Å². The van der Waals surface area contributed by atoms with Crippen LogP contribution in [0.15, 0.2) is 30.3 Å². The van der Waals surface area contributed by atoms with E-state index in [-0.39, 0.29) is 18.1 Å². The van der Waals surface area contributed by atoms with Gasteiger partial charge in [-0.15, -0.1) is 0 Å². The normalized spacial score (nSPS) is 33.0. The summed E-state index contributed by atoms with van der Waals surface area (Å²) in [6, 6.07) is 10.6. The zero-order valence-corrected chi connectivity index (χ0v) is 13.3. The van der Waals surface area contributed by atoms with Gasteiger partial charge >= 0.3 is 0 Å². The van der Waals surface area contributed by atoms with Crippen LogP contribution in [0.2, 0.25) is 0 Å². The monoisotopic (exact) mass is 337 g/mol. The average molecular weight is 338 g/mol. The molecule has 0 bridgehead atoms. The predicted octanol–water partition coefficient (Wildman–Crippen LogP) is 2.80. The molecule has 4 heteroatoms. The third kappa shape index (κ3) is 2.77. The molecular weight excluding hydrogens is 318 g/mol. The van der Waals surface area contributed by atoms with Crippen LogP contribution in [0.1, 0.15) is 24.8 Å². The summed E-state index contributed by atoms with van der Waals surface area (Å²) in [5.41, 5.74) is 1.30. The van der Waals surface area contributed by atoms with E-state index in [0.29, 0.717) is 25.0 Å². The summed E-state index contributed by atoms with van der Waals surface area (Å²) in [6.07, 6.45) is 1.12. The number of morpholine rings is 1. The van der Waals surface area contributed by atoms with Crippen molar-refractivity contribution in [3.05, 3.63) is 35.9 Å². The van der Waals surface area contributed by atoms with Gasteiger partial charge in [0.1, 0.15) is 0 Å². The van der Waals surface area contributed by atoms with E-state index >= 15 is 0 Å². The van der Waals surface area contributed by atoms with E-state index in [1.807, 2.05) is 23.1 Å². The number of benzene rings is 1. The standard InChI is InChI=1S/C16H20BrNO2/c1-11-10-20-13(8-17)9-18(11)16(19)15-7-14(15)12-5-3-2-4-6-12/h2-6,11,13-15H,7-10H2,1H3. The van der Waals surface area contributed by atoms with E-state index in [1.54, 1.807) is 0 Å². The van der Waals surface area contributed by atoms with Crippen LogP contribution < -0.4 is 0 Å². The fraction of sp³-hybridized carbons (Fsp3) is 0.562. The number of halogens is 1. The molecule has 2 fully saturated rings. The molecular formula is C16H20BrNO2. The number of alkyl halides is 1. The second-order valence-electron chi connectivity index (χ2n) is 5.81. The Kier molecular flexibility index (Phi) is 4.13. The molecule has 1 amide bonds. The van der Waals surface area contributed by atoms with Crippen LogP contribution in [0, 0.1) is 5.92 Å². The first kappa shape index (κ1) is 14.1. The topological polar surface area (TPSA) is 29.5 Å². The van der Waals surface area contributed by atoms with Gasteiger partial charge in [0.05, 0.1) is 18.8 Å². The Morgan fingerprint density at radius 3 is 2.85 bits per heavy atom. The molecule has 3 rings (SSSR count). The third-order valence-corrected chi connectivity index (χ3v) is 5.02. The van der Waals surface area contributed by atoms with Gasteiger partial charge in [0, 0.05) is 17.8 Å². The Balaban J connectivity index is 1.65. The fourth-order valence-corrected chi connectivity index (χ4v) is 3.36. The number of hydrogen-bond donors (Lipinski definition) is 0. The predicted molar refractivity (Wildman–Crippen MR) is 82.0 cm³/mol. The molecule has 1 aromatic rings. The highest BCUT2D eigenvalue weighted by atomic mass is 79.9. The van der Waals surface area contributed by atoms with E-state index in [9.17, 15) is 4.79 Å². The van der Waals surface area contributed by atoms with Gasteiger partial charge in [-0.25, -0.2) is 0 Å². The maximum Gasteiger partial charge on any atom is 0.226 e. The molecule has 1 saturated carbocycles. The van der Waals surface area contributed by atoms with Gasteiger partial charge in [0.25, 0.3) is 0 Å². The Morgan fingerprint density at radius 2 is 2.15 bits per heavy atom. The zero-order chi connectivity index (χ0) is 14.1. The van der Waals surface area contributed by atoms with Gasteiger partial charge in [-0.2, -0.15) is 0 Å². The summed E-state index contributed by atoms with van der Waals surface area (Å²) in [5, 5.41) is 0.788. The number of rotatable bonds is 3. The summed E-state index contributed by atoms with van der Waals surface area (Å²) in [6.45, 7) is 3.43. The lowest BCUT2D eigenvalue weighted by Gasteiger charge is -2.37. The summed E-state index contributed by atoms with van der Waals surface area (Å²) < 4.78 is 5.69. The Bertz CT molecular complexity index is 479. The van der Waals surface area contributed by atoms with Crippen molar-refractivity contribution in [1.82, 2.24) is 4.90 Å². The number of carbonyl (C=O) groups excluding carboxylic acids is 1. The quantitative estimate of drug-likeness (QED) is 0.794. The Hall–Kier alpha value is -0.870. The molecule has 2 aliphatic rings. The number of ether oxygens (including phenoxy) is 1. The molecule has 1 aromatic carbocycles. The third-order valence-electron chi connectivity index (χ3n) is 4.30. The van der Waals surface area contributed by atoms with Gasteiger partial charge in [0.2, 0.25) is 5.91 Å². The Labute approximate surface area is 128 Å². The van der Waals surface area contributed by atoms with E-state index in [1.165, 1.54) is 5.56 Å². The second kappa shape index (κ2) is 5.86. The van der Waals surface area contributed by atoms with Gasteiger partial charge in [0.15, 0.2) is 0 Å². The van der Waals surface area contributed by atoms with Crippen LogP contribution in [0.3, 0.4) is 0 Å². The molecule has 0 radical (unpaired) electrons. The van der Waals surface area contributed by atoms with Crippen molar-refractivity contribution >= 4 is 21.8 Å². The molecule has 4 unspecified atom stereocenters. The molecule has 1 heterocycles. The van der Waals surface area contributed by atoms with Crippen LogP contribution in [0.4, 0.5) is 0 Å². The molecule has 3 nitrogen and oxygen atoms in total. The van der Waals surface area contributed by atoms with Gasteiger partial charge in [-0.3, -0.25) is 4.79 Å². The molecule has 1 aliphatic heterocycles. The van der Waals surface area contributed by atoms with Gasteiger partial charge in [-0.1, -0.05) is 46.3 Å². The van der Waals surface area contributed by atoms with E-state index < -0.39 is 0 Å². The van der Waals surface area contributed by atoms with E-state index in [0.717, 1.165) is 11.8 Å². The number of carbonyl (C=O) groups is 1. The summed E-state index contributed by atoms with van der Waals surface area (Å²) in [4.78, 5) is 14.7. The first-order chi connectivity index (χ1) is 9.70. The van der Waals surface area contributed by atoms with Crippen molar-refractivity contribution in [2.75, 3.05) is 18.5 Å². The van der Waals surface area contributed by atoms with Crippen molar-refractivity contribution in [2.24, 2.45) is 5.92 Å². The second-order valence-corrected chi connectivity index (χ2v) is 6.46. The first-order valence-corrected chi connectivity index (χ1v) is 8.36. The molecule has 1 aliphatic carbocycles. The molecule has 4 atom stereocenters. The summed E-state index contributed by atoms with van der Waals surface area (Å²) in [5.74, 6) is 0.899. The van der Waals surface area contributed by atoms with E-state index in [4.69, 9.17) is 4.74 Å². The average Bonchev–Trinajstić information content (AvgIpc) is 3.28. The highest BCUT2D eigenvalue weighted by molar-refractivity contribution is 9.09. The maximum absolute atomic E-state index is 12.7. The van der Waals surface area contributed by atoms with Gasteiger partial charge in [-0.05, 0) is 24.8 Å². The number of hydrogen-bond acceptors (Lipinski definition) is 2. The SMILES string of the molecule is CC1COC(CBr)CN1C(=O)C1CC1c1ccccc1. The van der Waals surface area contributed by atoms with Crippen molar-refractivity contribution in [3.63, 3.8) is 0 Å². The summed E-state index contributed by atoms with van der Waals surface area (Å²) >= 11 is 3.45. The van der Waals surface area contributed by atoms with Crippen LogP contribution in [-0.4, -0.2) is 41.4 Å². The highest BCUT2D eigenvalue weighted by Gasteiger charge is 2.47. The highest BCUT2D eigenvalue weighted by Crippen LogP contribution is 2.48. The van der Waals surface area contributed by atoms with Crippen molar-refractivity contribution < 1.29 is 9.53 Å². The van der Waals surface area contributed by atoms with Crippen molar-refractivity contribution in [3.8, 4) is 0 Å². The van der Waals surface area contributed by atoms with Crippen LogP contribution in [0.25, 0.3) is 0 Å². The molecule has 0 N–H and O–H groups in total. The molecule has 0 aromatic heterocycles. The molecule has 1 saturated heterocycles. The molecule has 20 heavy (non-hydrogen) atoms. The number of nitrogens with zero attached hydrogens (tertiary/aromatic N) is 1. The maximum atomic E-state index is 12.7.